The number of carbonyl (C=O) groups is 1. The third-order valence-corrected chi connectivity index (χ3v) is 3.59. The molecule has 0 unspecified atom stereocenters. The highest BCUT2D eigenvalue weighted by Crippen LogP contribution is 2.26. The monoisotopic (exact) mass is 281 g/mol. The Balaban J connectivity index is 2.08. The number of carbonyl (C=O) groups excluding carboxylic acids is 1. The minimum Gasteiger partial charge on any atom is -0.348 e. The number of hydrogen-bond acceptors (Lipinski definition) is 1. The van der Waals surface area contributed by atoms with Gasteiger partial charge in [-0.15, -0.1) is 0 Å². The van der Waals surface area contributed by atoms with Gasteiger partial charge in [-0.05, 0) is 41.2 Å². The second-order valence-electron chi connectivity index (χ2n) is 6.45. The number of benzene rings is 2. The molecular formula is C19H23NO. The predicted molar refractivity (Wildman–Crippen MR) is 87.5 cm³/mol. The highest BCUT2D eigenvalue weighted by molar-refractivity contribution is 5.94. The topological polar surface area (TPSA) is 29.1 Å². The molecule has 0 bridgehead atoms. The van der Waals surface area contributed by atoms with Crippen LogP contribution in [0.5, 0.6) is 0 Å². The molecule has 110 valence electrons. The van der Waals surface area contributed by atoms with Crippen molar-refractivity contribution in [2.45, 2.75) is 39.7 Å². The zero-order valence-electron chi connectivity index (χ0n) is 13.2. The second kappa shape index (κ2) is 6.13. The van der Waals surface area contributed by atoms with Crippen molar-refractivity contribution in [1.29, 1.82) is 0 Å². The standard InChI is InChI=1S/C19H23NO/c1-14-12-16(10-11-17(14)19(2,3)4)18(21)20-13-15-8-6-5-7-9-15/h5-12H,13H2,1-4H3,(H,20,21). The molecule has 0 heterocycles. The Labute approximate surface area is 127 Å². The maximum absolute atomic E-state index is 12.2. The van der Waals surface area contributed by atoms with Crippen LogP contribution in [0.15, 0.2) is 48.5 Å². The van der Waals surface area contributed by atoms with E-state index in [4.69, 9.17) is 0 Å². The molecule has 0 aliphatic heterocycles. The lowest BCUT2D eigenvalue weighted by molar-refractivity contribution is 0.0950. The first-order valence-electron chi connectivity index (χ1n) is 7.31. The van der Waals surface area contributed by atoms with E-state index in [0.717, 1.165) is 16.7 Å². The maximum Gasteiger partial charge on any atom is 0.251 e. The van der Waals surface area contributed by atoms with Crippen molar-refractivity contribution in [3.63, 3.8) is 0 Å². The molecule has 0 atom stereocenters. The van der Waals surface area contributed by atoms with E-state index in [-0.39, 0.29) is 11.3 Å². The molecule has 2 aromatic rings. The lowest BCUT2D eigenvalue weighted by Crippen LogP contribution is -2.23. The van der Waals surface area contributed by atoms with Gasteiger partial charge < -0.3 is 5.32 Å². The largest absolute Gasteiger partial charge is 0.348 e. The van der Waals surface area contributed by atoms with Crippen LogP contribution in [0.3, 0.4) is 0 Å². The van der Waals surface area contributed by atoms with Crippen LogP contribution in [0, 0.1) is 6.92 Å². The first kappa shape index (κ1) is 15.3. The maximum atomic E-state index is 12.2. The van der Waals surface area contributed by atoms with Crippen LogP contribution in [0.1, 0.15) is 47.8 Å². The summed E-state index contributed by atoms with van der Waals surface area (Å²) < 4.78 is 0. The SMILES string of the molecule is Cc1cc(C(=O)NCc2ccccc2)ccc1C(C)(C)C. The van der Waals surface area contributed by atoms with Crippen molar-refractivity contribution >= 4 is 5.91 Å². The second-order valence-corrected chi connectivity index (χ2v) is 6.45. The van der Waals surface area contributed by atoms with Crippen molar-refractivity contribution in [2.75, 3.05) is 0 Å². The molecule has 0 aliphatic rings. The fourth-order valence-electron chi connectivity index (χ4n) is 2.53. The summed E-state index contributed by atoms with van der Waals surface area (Å²) in [6.45, 7) is 9.17. The highest BCUT2D eigenvalue weighted by Gasteiger charge is 2.17. The molecular weight excluding hydrogens is 258 g/mol. The molecule has 1 amide bonds. The van der Waals surface area contributed by atoms with E-state index in [1.165, 1.54) is 5.56 Å². The molecule has 2 aromatic carbocycles. The van der Waals surface area contributed by atoms with Gasteiger partial charge in [0.2, 0.25) is 0 Å². The normalized spacial score (nSPS) is 11.2. The van der Waals surface area contributed by atoms with Crippen molar-refractivity contribution in [1.82, 2.24) is 5.32 Å². The third-order valence-electron chi connectivity index (χ3n) is 3.59. The van der Waals surface area contributed by atoms with Crippen molar-refractivity contribution in [2.24, 2.45) is 0 Å². The summed E-state index contributed by atoms with van der Waals surface area (Å²) >= 11 is 0. The Hall–Kier alpha value is -2.09. The molecule has 0 saturated carbocycles. The Morgan fingerprint density at radius 3 is 2.29 bits per heavy atom. The molecule has 0 fully saturated rings. The first-order valence-corrected chi connectivity index (χ1v) is 7.31. The zero-order chi connectivity index (χ0) is 15.5. The molecule has 0 saturated heterocycles. The third kappa shape index (κ3) is 3.94. The van der Waals surface area contributed by atoms with Gasteiger partial charge in [0.25, 0.3) is 5.91 Å². The Kier molecular flexibility index (Phi) is 4.46. The predicted octanol–water partition coefficient (Wildman–Crippen LogP) is 4.22. The summed E-state index contributed by atoms with van der Waals surface area (Å²) in [4.78, 5) is 12.2. The summed E-state index contributed by atoms with van der Waals surface area (Å²) in [6, 6.07) is 15.9. The van der Waals surface area contributed by atoms with E-state index in [1.807, 2.05) is 42.5 Å². The quantitative estimate of drug-likeness (QED) is 0.896. The summed E-state index contributed by atoms with van der Waals surface area (Å²) in [6.07, 6.45) is 0. The summed E-state index contributed by atoms with van der Waals surface area (Å²) in [7, 11) is 0. The van der Waals surface area contributed by atoms with Crippen molar-refractivity contribution < 1.29 is 4.79 Å². The van der Waals surface area contributed by atoms with Gasteiger partial charge in [0.15, 0.2) is 0 Å². The van der Waals surface area contributed by atoms with Crippen molar-refractivity contribution in [3.05, 3.63) is 70.8 Å². The Morgan fingerprint density at radius 2 is 1.71 bits per heavy atom. The summed E-state index contributed by atoms with van der Waals surface area (Å²) in [5.41, 5.74) is 4.37. The van der Waals surface area contributed by atoms with Crippen LogP contribution < -0.4 is 5.32 Å². The zero-order valence-corrected chi connectivity index (χ0v) is 13.2. The average molecular weight is 281 g/mol. The van der Waals surface area contributed by atoms with Crippen molar-refractivity contribution in [3.8, 4) is 0 Å². The van der Waals surface area contributed by atoms with Gasteiger partial charge >= 0.3 is 0 Å². The molecule has 0 spiro atoms. The van der Waals surface area contributed by atoms with Gasteiger partial charge in [0, 0.05) is 12.1 Å². The first-order chi connectivity index (χ1) is 9.88. The highest BCUT2D eigenvalue weighted by atomic mass is 16.1. The van der Waals surface area contributed by atoms with Crippen LogP contribution in [0.25, 0.3) is 0 Å². The molecule has 2 heteroatoms. The molecule has 0 aliphatic carbocycles. The summed E-state index contributed by atoms with van der Waals surface area (Å²) in [5, 5.41) is 2.96. The summed E-state index contributed by atoms with van der Waals surface area (Å²) in [5.74, 6) is -0.0255. The minimum atomic E-state index is -0.0255. The average Bonchev–Trinajstić information content (AvgIpc) is 2.44. The van der Waals surface area contributed by atoms with Crippen LogP contribution in [0.4, 0.5) is 0 Å². The molecule has 2 nitrogen and oxygen atoms in total. The number of aryl methyl sites for hydroxylation is 1. The lowest BCUT2D eigenvalue weighted by Gasteiger charge is -2.22. The molecule has 0 aromatic heterocycles. The van der Waals surface area contributed by atoms with Gasteiger partial charge in [-0.25, -0.2) is 0 Å². The lowest BCUT2D eigenvalue weighted by atomic mass is 9.83. The fraction of sp³-hybridized carbons (Fsp3) is 0.316. The van der Waals surface area contributed by atoms with Gasteiger partial charge in [-0.2, -0.15) is 0 Å². The Bertz CT molecular complexity index is 624. The number of hydrogen-bond donors (Lipinski definition) is 1. The van der Waals surface area contributed by atoms with E-state index in [9.17, 15) is 4.79 Å². The Morgan fingerprint density at radius 1 is 1.05 bits per heavy atom. The van der Waals surface area contributed by atoms with E-state index in [0.29, 0.717) is 6.54 Å². The molecule has 2 rings (SSSR count). The van der Waals surface area contributed by atoms with Crippen LogP contribution >= 0.6 is 0 Å². The van der Waals surface area contributed by atoms with E-state index < -0.39 is 0 Å². The van der Waals surface area contributed by atoms with Gasteiger partial charge in [-0.3, -0.25) is 4.79 Å². The number of rotatable bonds is 3. The smallest absolute Gasteiger partial charge is 0.251 e. The van der Waals surface area contributed by atoms with Crippen LogP contribution in [-0.4, -0.2) is 5.91 Å². The van der Waals surface area contributed by atoms with E-state index >= 15 is 0 Å². The van der Waals surface area contributed by atoms with Crippen LogP contribution in [0.2, 0.25) is 0 Å². The van der Waals surface area contributed by atoms with Gasteiger partial charge in [-0.1, -0.05) is 57.2 Å². The van der Waals surface area contributed by atoms with Gasteiger partial charge in [0.1, 0.15) is 0 Å². The molecule has 0 radical (unpaired) electrons. The number of amides is 1. The van der Waals surface area contributed by atoms with E-state index in [1.54, 1.807) is 0 Å². The minimum absolute atomic E-state index is 0.0255. The molecule has 1 N–H and O–H groups in total. The molecule has 21 heavy (non-hydrogen) atoms. The van der Waals surface area contributed by atoms with Crippen LogP contribution in [-0.2, 0) is 12.0 Å². The fourth-order valence-corrected chi connectivity index (χ4v) is 2.53. The van der Waals surface area contributed by atoms with E-state index in [2.05, 4.69) is 39.1 Å². The van der Waals surface area contributed by atoms with Gasteiger partial charge in [0.05, 0.1) is 0 Å². The number of nitrogens with one attached hydrogen (secondary N) is 1.